The molecular formula is C13H17BrN2S2. The third-order valence-electron chi connectivity index (χ3n) is 3.04. The summed E-state index contributed by atoms with van der Waals surface area (Å²) in [6, 6.07) is 6.04. The third-order valence-corrected chi connectivity index (χ3v) is 5.32. The van der Waals surface area contributed by atoms with Crippen LogP contribution in [-0.4, -0.2) is 22.5 Å². The second-order valence-corrected chi connectivity index (χ2v) is 7.13. The van der Waals surface area contributed by atoms with E-state index >= 15 is 0 Å². The van der Waals surface area contributed by atoms with E-state index in [1.807, 2.05) is 18.2 Å². The molecule has 1 aromatic carbocycles. The normalized spacial score (nSPS) is 19.5. The van der Waals surface area contributed by atoms with Crippen LogP contribution >= 0.6 is 39.9 Å². The van der Waals surface area contributed by atoms with Gasteiger partial charge in [0.25, 0.3) is 0 Å². The first-order chi connectivity index (χ1) is 8.66. The molecule has 1 saturated heterocycles. The lowest BCUT2D eigenvalue weighted by molar-refractivity contribution is 0.677. The number of thioether (sulfide) groups is 1. The van der Waals surface area contributed by atoms with Gasteiger partial charge in [-0.05, 0) is 52.7 Å². The second-order valence-electron chi connectivity index (χ2n) is 4.43. The number of thiocarbonyl (C=S) groups is 1. The average molecular weight is 345 g/mol. The summed E-state index contributed by atoms with van der Waals surface area (Å²) in [5.74, 6) is 1.30. The maximum Gasteiger partial charge on any atom is 0.105 e. The molecule has 0 aliphatic carbocycles. The summed E-state index contributed by atoms with van der Waals surface area (Å²) >= 11 is 10.6. The van der Waals surface area contributed by atoms with Crippen LogP contribution in [0.2, 0.25) is 0 Å². The molecule has 0 bridgehead atoms. The van der Waals surface area contributed by atoms with E-state index in [4.69, 9.17) is 18.0 Å². The third kappa shape index (κ3) is 3.87. The Morgan fingerprint density at radius 3 is 2.94 bits per heavy atom. The van der Waals surface area contributed by atoms with Crippen molar-refractivity contribution in [2.75, 3.05) is 17.6 Å². The van der Waals surface area contributed by atoms with E-state index in [0.29, 0.717) is 4.99 Å². The smallest absolute Gasteiger partial charge is 0.105 e. The quantitative estimate of drug-likeness (QED) is 0.815. The van der Waals surface area contributed by atoms with Gasteiger partial charge >= 0.3 is 0 Å². The minimum Gasteiger partial charge on any atom is -0.389 e. The number of hydrogen-bond acceptors (Lipinski definition) is 3. The number of hydrogen-bond donors (Lipinski definition) is 2. The summed E-state index contributed by atoms with van der Waals surface area (Å²) in [4.78, 5) is 0.427. The van der Waals surface area contributed by atoms with Crippen molar-refractivity contribution in [1.82, 2.24) is 0 Å². The number of rotatable bonds is 4. The fourth-order valence-electron chi connectivity index (χ4n) is 2.02. The summed E-state index contributed by atoms with van der Waals surface area (Å²) in [6.45, 7) is 1.03. The van der Waals surface area contributed by atoms with E-state index in [1.165, 1.54) is 25.0 Å². The molecule has 1 aliphatic heterocycles. The van der Waals surface area contributed by atoms with Gasteiger partial charge in [-0.1, -0.05) is 18.6 Å². The predicted molar refractivity (Wildman–Crippen MR) is 88.6 cm³/mol. The van der Waals surface area contributed by atoms with Crippen LogP contribution in [0.4, 0.5) is 5.69 Å². The summed E-state index contributed by atoms with van der Waals surface area (Å²) < 4.78 is 0.955. The highest BCUT2D eigenvalue weighted by atomic mass is 79.9. The molecule has 0 aromatic heterocycles. The SMILES string of the molecule is NC(=S)c1ccc(NCC2CCCCS2)cc1Br. The Bertz CT molecular complexity index is 431. The van der Waals surface area contributed by atoms with Gasteiger partial charge in [0.15, 0.2) is 0 Å². The van der Waals surface area contributed by atoms with Crippen LogP contribution in [0.1, 0.15) is 24.8 Å². The molecule has 2 nitrogen and oxygen atoms in total. The Hall–Kier alpha value is -0.260. The maximum atomic E-state index is 5.63. The van der Waals surface area contributed by atoms with Gasteiger partial charge in [-0.3, -0.25) is 0 Å². The van der Waals surface area contributed by atoms with Crippen LogP contribution in [0.5, 0.6) is 0 Å². The average Bonchev–Trinajstić information content (AvgIpc) is 2.37. The molecule has 98 valence electrons. The van der Waals surface area contributed by atoms with Crippen molar-refractivity contribution >= 4 is 50.6 Å². The van der Waals surface area contributed by atoms with Gasteiger partial charge in [0.2, 0.25) is 0 Å². The molecule has 0 radical (unpaired) electrons. The lowest BCUT2D eigenvalue weighted by atomic mass is 10.1. The van der Waals surface area contributed by atoms with Crippen molar-refractivity contribution in [3.05, 3.63) is 28.2 Å². The van der Waals surface area contributed by atoms with E-state index < -0.39 is 0 Å². The molecule has 0 saturated carbocycles. The molecule has 1 heterocycles. The van der Waals surface area contributed by atoms with Crippen molar-refractivity contribution < 1.29 is 0 Å². The number of nitrogens with one attached hydrogen (secondary N) is 1. The minimum absolute atomic E-state index is 0.427. The van der Waals surface area contributed by atoms with Crippen LogP contribution in [0, 0.1) is 0 Å². The molecule has 5 heteroatoms. The van der Waals surface area contributed by atoms with E-state index in [2.05, 4.69) is 33.0 Å². The van der Waals surface area contributed by atoms with Crippen molar-refractivity contribution in [3.63, 3.8) is 0 Å². The number of anilines is 1. The molecule has 2 rings (SSSR count). The number of benzene rings is 1. The predicted octanol–water partition coefficient (Wildman–Crippen LogP) is 3.78. The van der Waals surface area contributed by atoms with Crippen LogP contribution in [0.15, 0.2) is 22.7 Å². The van der Waals surface area contributed by atoms with Crippen LogP contribution < -0.4 is 11.1 Å². The van der Waals surface area contributed by atoms with Gasteiger partial charge in [-0.25, -0.2) is 0 Å². The summed E-state index contributed by atoms with van der Waals surface area (Å²) in [6.07, 6.45) is 4.06. The molecule has 0 spiro atoms. The summed E-state index contributed by atoms with van der Waals surface area (Å²) in [5, 5.41) is 4.23. The largest absolute Gasteiger partial charge is 0.389 e. The fraction of sp³-hybridized carbons (Fsp3) is 0.462. The van der Waals surface area contributed by atoms with Crippen molar-refractivity contribution in [2.24, 2.45) is 5.73 Å². The first kappa shape index (κ1) is 14.2. The topological polar surface area (TPSA) is 38.0 Å². The Labute approximate surface area is 126 Å². The number of nitrogens with two attached hydrogens (primary N) is 1. The Morgan fingerprint density at radius 2 is 2.33 bits per heavy atom. The lowest BCUT2D eigenvalue weighted by Gasteiger charge is -2.22. The molecule has 0 amide bonds. The van der Waals surface area contributed by atoms with Gasteiger partial charge in [0.05, 0.1) is 0 Å². The van der Waals surface area contributed by atoms with Crippen LogP contribution in [0.3, 0.4) is 0 Å². The van der Waals surface area contributed by atoms with E-state index in [-0.39, 0.29) is 0 Å². The van der Waals surface area contributed by atoms with Crippen molar-refractivity contribution in [1.29, 1.82) is 0 Å². The molecule has 1 aliphatic rings. The highest BCUT2D eigenvalue weighted by Crippen LogP contribution is 2.26. The van der Waals surface area contributed by atoms with Gasteiger partial charge in [-0.2, -0.15) is 11.8 Å². The molecule has 1 aromatic rings. The minimum atomic E-state index is 0.427. The molecule has 1 fully saturated rings. The van der Waals surface area contributed by atoms with Crippen LogP contribution in [-0.2, 0) is 0 Å². The molecular weight excluding hydrogens is 328 g/mol. The zero-order chi connectivity index (χ0) is 13.0. The highest BCUT2D eigenvalue weighted by molar-refractivity contribution is 9.10. The Kier molecular flexibility index (Phi) is 5.33. The van der Waals surface area contributed by atoms with Gasteiger partial charge < -0.3 is 11.1 Å². The zero-order valence-corrected chi connectivity index (χ0v) is 13.3. The van der Waals surface area contributed by atoms with Crippen LogP contribution in [0.25, 0.3) is 0 Å². The molecule has 1 unspecified atom stereocenters. The highest BCUT2D eigenvalue weighted by Gasteiger charge is 2.13. The Balaban J connectivity index is 1.93. The molecule has 3 N–H and O–H groups in total. The van der Waals surface area contributed by atoms with Gasteiger partial charge in [0.1, 0.15) is 4.99 Å². The van der Waals surface area contributed by atoms with E-state index in [9.17, 15) is 0 Å². The van der Waals surface area contributed by atoms with Gasteiger partial charge in [-0.15, -0.1) is 0 Å². The fourth-order valence-corrected chi connectivity index (χ4v) is 4.17. The monoisotopic (exact) mass is 344 g/mol. The van der Waals surface area contributed by atoms with Crippen molar-refractivity contribution in [3.8, 4) is 0 Å². The lowest BCUT2D eigenvalue weighted by Crippen LogP contribution is -2.20. The first-order valence-electron chi connectivity index (χ1n) is 6.11. The first-order valence-corrected chi connectivity index (χ1v) is 8.36. The molecule has 18 heavy (non-hydrogen) atoms. The summed E-state index contributed by atoms with van der Waals surface area (Å²) in [7, 11) is 0. The summed E-state index contributed by atoms with van der Waals surface area (Å²) in [5.41, 5.74) is 7.64. The standard InChI is InChI=1S/C13H17BrN2S2/c14-12-7-9(4-5-11(12)13(15)17)16-8-10-3-1-2-6-18-10/h4-5,7,10,16H,1-3,6,8H2,(H2,15,17). The maximum absolute atomic E-state index is 5.63. The van der Waals surface area contributed by atoms with Gasteiger partial charge in [0, 0.05) is 27.5 Å². The zero-order valence-electron chi connectivity index (χ0n) is 10.1. The van der Waals surface area contributed by atoms with E-state index in [1.54, 1.807) is 0 Å². The second kappa shape index (κ2) is 6.78. The van der Waals surface area contributed by atoms with E-state index in [0.717, 1.165) is 27.5 Å². The Morgan fingerprint density at radius 1 is 1.50 bits per heavy atom. The molecule has 1 atom stereocenters. The number of halogens is 1. The van der Waals surface area contributed by atoms with Crippen molar-refractivity contribution in [2.45, 2.75) is 24.5 Å².